The summed E-state index contributed by atoms with van der Waals surface area (Å²) >= 11 is 7.86. The number of sulfone groups is 1. The molecule has 202 valence electrons. The summed E-state index contributed by atoms with van der Waals surface area (Å²) in [5, 5.41) is 8.82. The Morgan fingerprint density at radius 1 is 1.00 bits per heavy atom. The van der Waals surface area contributed by atoms with Crippen molar-refractivity contribution < 1.29 is 17.6 Å². The Kier molecular flexibility index (Phi) is 7.04. The topological polar surface area (TPSA) is 71.7 Å². The first-order valence-corrected chi connectivity index (χ1v) is 15.4. The van der Waals surface area contributed by atoms with E-state index in [1.165, 1.54) is 28.5 Å². The predicted octanol–water partition coefficient (Wildman–Crippen LogP) is 6.70. The number of halogens is 2. The summed E-state index contributed by atoms with van der Waals surface area (Å²) in [6.07, 6.45) is 1.97. The molecule has 0 spiro atoms. The van der Waals surface area contributed by atoms with Crippen LogP contribution in [0, 0.1) is 5.82 Å². The molecule has 2 aromatic heterocycles. The first-order valence-electron chi connectivity index (χ1n) is 12.5. The minimum atomic E-state index is -4.06. The normalized spacial score (nSPS) is 15.5. The maximum Gasteiger partial charge on any atom is 0.258 e. The van der Waals surface area contributed by atoms with Crippen molar-refractivity contribution in [2.75, 3.05) is 5.75 Å². The van der Waals surface area contributed by atoms with Gasteiger partial charge in [-0.3, -0.25) is 4.79 Å². The fraction of sp³-hybridized carbons (Fsp3) is 0.133. The largest absolute Gasteiger partial charge is 0.342 e. The van der Waals surface area contributed by atoms with Crippen molar-refractivity contribution in [2.45, 2.75) is 23.9 Å². The first kappa shape index (κ1) is 26.4. The summed E-state index contributed by atoms with van der Waals surface area (Å²) in [7, 11) is -4.06. The second-order valence-corrected chi connectivity index (χ2v) is 12.8. The van der Waals surface area contributed by atoms with Gasteiger partial charge in [-0.15, -0.1) is 11.3 Å². The Hall–Kier alpha value is -3.79. The zero-order valence-corrected chi connectivity index (χ0v) is 23.5. The molecule has 0 radical (unpaired) electrons. The first-order chi connectivity index (χ1) is 19.3. The number of rotatable bonds is 7. The molecule has 5 aromatic rings. The molecule has 0 saturated carbocycles. The number of aromatic nitrogens is 1. The molecule has 1 amide bonds. The molecule has 0 fully saturated rings. The average Bonchev–Trinajstić information content (AvgIpc) is 3.70. The third-order valence-electron chi connectivity index (χ3n) is 6.93. The van der Waals surface area contributed by atoms with Gasteiger partial charge in [-0.05, 0) is 46.8 Å². The highest BCUT2D eigenvalue weighted by molar-refractivity contribution is 7.92. The van der Waals surface area contributed by atoms with Crippen LogP contribution in [-0.4, -0.2) is 35.4 Å². The summed E-state index contributed by atoms with van der Waals surface area (Å²) in [5.74, 6) is -1.80. The lowest BCUT2D eigenvalue weighted by atomic mass is 10.0. The molecule has 0 bridgehead atoms. The third-order valence-corrected chi connectivity index (χ3v) is 9.84. The maximum absolute atomic E-state index is 13.8. The Bertz CT molecular complexity index is 1850. The molecular formula is C30H23ClFN3O3S2. The Labute approximate surface area is 239 Å². The number of amides is 1. The number of para-hydroxylation sites is 1. The molecule has 40 heavy (non-hydrogen) atoms. The van der Waals surface area contributed by atoms with Crippen molar-refractivity contribution in [3.05, 3.63) is 123 Å². The summed E-state index contributed by atoms with van der Waals surface area (Å²) in [4.78, 5) is 14.6. The van der Waals surface area contributed by atoms with E-state index in [9.17, 15) is 17.6 Å². The second kappa shape index (κ2) is 10.6. The lowest BCUT2D eigenvalue weighted by molar-refractivity contribution is -0.130. The Morgan fingerprint density at radius 3 is 2.50 bits per heavy atom. The SMILES string of the molecule is O=C(CS(=O)(=O)c1cn(Cc2ccccc2Cl)c2ccccc12)N1N=C(c2cccs2)C[C@H]1c1ccc(F)cc1. The predicted molar refractivity (Wildman–Crippen MR) is 156 cm³/mol. The highest BCUT2D eigenvalue weighted by Gasteiger charge is 2.36. The van der Waals surface area contributed by atoms with Crippen molar-refractivity contribution in [2.24, 2.45) is 5.10 Å². The van der Waals surface area contributed by atoms with Crippen LogP contribution in [0.15, 0.2) is 107 Å². The van der Waals surface area contributed by atoms with Gasteiger partial charge in [0.2, 0.25) is 0 Å². The molecule has 1 aliphatic rings. The van der Waals surface area contributed by atoms with Gasteiger partial charge < -0.3 is 4.57 Å². The number of hydrazone groups is 1. The van der Waals surface area contributed by atoms with Crippen LogP contribution >= 0.6 is 22.9 Å². The smallest absolute Gasteiger partial charge is 0.258 e. The number of hydrogen-bond acceptors (Lipinski definition) is 5. The lowest BCUT2D eigenvalue weighted by Crippen LogP contribution is -2.32. The van der Waals surface area contributed by atoms with Gasteiger partial charge in [-0.1, -0.05) is 66.2 Å². The van der Waals surface area contributed by atoms with E-state index in [2.05, 4.69) is 5.10 Å². The van der Waals surface area contributed by atoms with Crippen LogP contribution in [0.4, 0.5) is 4.39 Å². The molecule has 6 rings (SSSR count). The van der Waals surface area contributed by atoms with Crippen LogP contribution < -0.4 is 0 Å². The van der Waals surface area contributed by atoms with Crippen LogP contribution in [0.25, 0.3) is 10.9 Å². The average molecular weight is 592 g/mol. The van der Waals surface area contributed by atoms with Crippen LogP contribution in [-0.2, 0) is 21.2 Å². The number of hydrogen-bond donors (Lipinski definition) is 0. The Morgan fingerprint density at radius 2 is 1.75 bits per heavy atom. The third kappa shape index (κ3) is 5.08. The van der Waals surface area contributed by atoms with Gasteiger partial charge in [0.25, 0.3) is 5.91 Å². The van der Waals surface area contributed by atoms with Crippen LogP contribution in [0.3, 0.4) is 0 Å². The zero-order chi connectivity index (χ0) is 27.9. The van der Waals surface area contributed by atoms with E-state index < -0.39 is 33.4 Å². The Balaban J connectivity index is 1.34. The van der Waals surface area contributed by atoms with E-state index in [1.54, 1.807) is 36.5 Å². The van der Waals surface area contributed by atoms with E-state index in [4.69, 9.17) is 11.6 Å². The van der Waals surface area contributed by atoms with Crippen molar-refractivity contribution in [3.63, 3.8) is 0 Å². The molecule has 0 N–H and O–H groups in total. The van der Waals surface area contributed by atoms with E-state index in [0.717, 1.165) is 16.0 Å². The molecule has 0 unspecified atom stereocenters. The van der Waals surface area contributed by atoms with Crippen LogP contribution in [0.5, 0.6) is 0 Å². The number of fused-ring (bicyclic) bond motifs is 1. The molecule has 3 heterocycles. The summed E-state index contributed by atoms with van der Waals surface area (Å²) < 4.78 is 43.0. The molecule has 10 heteroatoms. The fourth-order valence-corrected chi connectivity index (χ4v) is 7.31. The molecule has 0 saturated heterocycles. The number of benzene rings is 3. The number of carbonyl (C=O) groups is 1. The molecule has 1 aliphatic heterocycles. The van der Waals surface area contributed by atoms with Crippen LogP contribution in [0.1, 0.15) is 28.5 Å². The van der Waals surface area contributed by atoms with Gasteiger partial charge in [-0.2, -0.15) is 5.10 Å². The molecule has 3 aromatic carbocycles. The van der Waals surface area contributed by atoms with Gasteiger partial charge in [0.1, 0.15) is 11.6 Å². The van der Waals surface area contributed by atoms with Crippen molar-refractivity contribution in [3.8, 4) is 0 Å². The zero-order valence-electron chi connectivity index (χ0n) is 21.1. The molecular weight excluding hydrogens is 569 g/mol. The number of nitrogens with zero attached hydrogens (tertiary/aromatic N) is 3. The van der Waals surface area contributed by atoms with Gasteiger partial charge in [0.05, 0.1) is 21.5 Å². The highest BCUT2D eigenvalue weighted by Crippen LogP contribution is 2.35. The van der Waals surface area contributed by atoms with Crippen molar-refractivity contribution in [1.82, 2.24) is 9.58 Å². The van der Waals surface area contributed by atoms with E-state index in [1.807, 2.05) is 52.4 Å². The molecule has 6 nitrogen and oxygen atoms in total. The monoisotopic (exact) mass is 591 g/mol. The summed E-state index contributed by atoms with van der Waals surface area (Å²) in [5.41, 5.74) is 2.93. The minimum absolute atomic E-state index is 0.0727. The van der Waals surface area contributed by atoms with Gasteiger partial charge in [0, 0.05) is 35.1 Å². The van der Waals surface area contributed by atoms with Crippen LogP contribution in [0.2, 0.25) is 5.02 Å². The standard InChI is InChI=1S/C30H23ClFN3O3S2/c31-24-8-3-1-6-21(24)17-34-18-29(23-7-2-4-9-26(23)34)40(37,38)19-30(36)35-27(20-11-13-22(32)14-12-20)16-25(33-35)28-10-5-15-39-28/h1-15,18,27H,16-17,19H2/t27-/m0/s1. The second-order valence-electron chi connectivity index (χ2n) is 9.52. The van der Waals surface area contributed by atoms with Gasteiger partial charge in [0.15, 0.2) is 9.84 Å². The maximum atomic E-state index is 13.8. The van der Waals surface area contributed by atoms with Crippen molar-refractivity contribution >= 4 is 55.3 Å². The van der Waals surface area contributed by atoms with E-state index in [-0.39, 0.29) is 4.90 Å². The molecule has 1 atom stereocenters. The van der Waals surface area contributed by atoms with Gasteiger partial charge in [-0.25, -0.2) is 17.8 Å². The summed E-state index contributed by atoms with van der Waals surface area (Å²) in [6.45, 7) is 0.372. The number of thiophene rings is 1. The highest BCUT2D eigenvalue weighted by atomic mass is 35.5. The fourth-order valence-electron chi connectivity index (χ4n) is 4.98. The van der Waals surface area contributed by atoms with Gasteiger partial charge >= 0.3 is 0 Å². The lowest BCUT2D eigenvalue weighted by Gasteiger charge is -2.22. The van der Waals surface area contributed by atoms with Crippen molar-refractivity contribution in [1.29, 1.82) is 0 Å². The number of carbonyl (C=O) groups excluding carboxylic acids is 1. The molecule has 0 aliphatic carbocycles. The summed E-state index contributed by atoms with van der Waals surface area (Å²) in [6, 6.07) is 23.7. The van der Waals surface area contributed by atoms with E-state index >= 15 is 0 Å². The quantitative estimate of drug-likeness (QED) is 0.212. The van der Waals surface area contributed by atoms with E-state index in [0.29, 0.717) is 34.6 Å². The minimum Gasteiger partial charge on any atom is -0.342 e.